The number of hydrogen-bond donors (Lipinski definition) is 1. The summed E-state index contributed by atoms with van der Waals surface area (Å²) in [4.78, 5) is 31.2. The van der Waals surface area contributed by atoms with Gasteiger partial charge in [0.05, 0.1) is 49.4 Å². The Labute approximate surface area is 306 Å². The van der Waals surface area contributed by atoms with Crippen LogP contribution in [0.3, 0.4) is 0 Å². The third-order valence-corrected chi connectivity index (χ3v) is 13.8. The second-order valence-electron chi connectivity index (χ2n) is 14.9. The molecular formula is C38H49ClN4O7S. The second-order valence-corrected chi connectivity index (χ2v) is 17.4. The monoisotopic (exact) mass is 740 g/mol. The van der Waals surface area contributed by atoms with Gasteiger partial charge in [0, 0.05) is 50.4 Å². The van der Waals surface area contributed by atoms with Gasteiger partial charge < -0.3 is 28.7 Å². The molecule has 7 rings (SSSR count). The van der Waals surface area contributed by atoms with E-state index >= 15 is 0 Å². The highest BCUT2D eigenvalue weighted by atomic mass is 35.5. The molecule has 1 unspecified atom stereocenters. The van der Waals surface area contributed by atoms with Crippen LogP contribution in [0.15, 0.2) is 52.9 Å². The molecule has 2 aromatic rings. The average Bonchev–Trinajstić information content (AvgIpc) is 3.21. The Morgan fingerprint density at radius 1 is 1.04 bits per heavy atom. The number of aryl methyl sites for hydroxylation is 1. The molecule has 1 saturated heterocycles. The van der Waals surface area contributed by atoms with Crippen LogP contribution >= 0.6 is 11.6 Å². The molecule has 0 aromatic heterocycles. The molecule has 3 heterocycles. The number of hydrogen-bond acceptors (Lipinski definition) is 8. The summed E-state index contributed by atoms with van der Waals surface area (Å²) in [6.45, 7) is 4.57. The lowest BCUT2D eigenvalue weighted by atomic mass is 9.68. The fourth-order valence-corrected chi connectivity index (χ4v) is 10.7. The number of rotatable bonds is 4. The van der Waals surface area contributed by atoms with E-state index in [1.54, 1.807) is 27.4 Å². The topological polar surface area (TPSA) is 119 Å². The fraction of sp³-hybridized carbons (Fsp3) is 0.579. The highest BCUT2D eigenvalue weighted by Crippen LogP contribution is 2.47. The zero-order valence-electron chi connectivity index (χ0n) is 29.8. The summed E-state index contributed by atoms with van der Waals surface area (Å²) < 4.78 is 45.4. The first-order chi connectivity index (χ1) is 24.5. The second kappa shape index (κ2) is 14.7. The zero-order chi connectivity index (χ0) is 35.9. The zero-order valence-corrected chi connectivity index (χ0v) is 31.4. The highest BCUT2D eigenvalue weighted by Gasteiger charge is 2.44. The van der Waals surface area contributed by atoms with Crippen molar-refractivity contribution in [3.8, 4) is 5.75 Å². The van der Waals surface area contributed by atoms with Gasteiger partial charge in [0.15, 0.2) is 0 Å². The van der Waals surface area contributed by atoms with Crippen LogP contribution in [-0.2, 0) is 36.0 Å². The molecule has 7 atom stereocenters. The van der Waals surface area contributed by atoms with E-state index in [1.807, 2.05) is 31.2 Å². The summed E-state index contributed by atoms with van der Waals surface area (Å²) in [6, 6.07) is 11.0. The number of amides is 3. The Kier molecular flexibility index (Phi) is 10.4. The fourth-order valence-electron chi connectivity index (χ4n) is 8.59. The third-order valence-electron chi connectivity index (χ3n) is 11.7. The van der Waals surface area contributed by atoms with Crippen molar-refractivity contribution in [1.82, 2.24) is 9.62 Å². The van der Waals surface area contributed by atoms with Crippen LogP contribution in [0, 0.1) is 17.8 Å². The summed E-state index contributed by atoms with van der Waals surface area (Å²) in [6.07, 6.45) is 8.39. The first-order valence-electron chi connectivity index (χ1n) is 18.0. The van der Waals surface area contributed by atoms with Crippen molar-refractivity contribution in [2.45, 2.75) is 62.8 Å². The molecule has 5 aliphatic rings. The predicted octanol–water partition coefficient (Wildman–Crippen LogP) is 5.64. The van der Waals surface area contributed by atoms with Crippen LogP contribution in [0.5, 0.6) is 5.75 Å². The van der Waals surface area contributed by atoms with E-state index < -0.39 is 28.0 Å². The number of carbonyl (C=O) groups is 2. The lowest BCUT2D eigenvalue weighted by Crippen LogP contribution is -2.58. The van der Waals surface area contributed by atoms with Gasteiger partial charge in [-0.2, -0.15) is 0 Å². The van der Waals surface area contributed by atoms with Crippen LogP contribution in [-0.4, -0.2) is 99.2 Å². The maximum absolute atomic E-state index is 14.6. The van der Waals surface area contributed by atoms with Crippen LogP contribution in [0.4, 0.5) is 10.5 Å². The van der Waals surface area contributed by atoms with Crippen LogP contribution in [0.25, 0.3) is 0 Å². The molecule has 3 amide bonds. The van der Waals surface area contributed by atoms with Gasteiger partial charge in [0.25, 0.3) is 5.91 Å². The first kappa shape index (κ1) is 36.2. The minimum Gasteiger partial charge on any atom is -0.490 e. The van der Waals surface area contributed by atoms with E-state index in [4.69, 9.17) is 30.5 Å². The number of ether oxygens (including phenoxy) is 4. The predicted molar refractivity (Wildman–Crippen MR) is 197 cm³/mol. The average molecular weight is 741 g/mol. The van der Waals surface area contributed by atoms with Crippen molar-refractivity contribution in [3.05, 3.63) is 70.3 Å². The van der Waals surface area contributed by atoms with Crippen molar-refractivity contribution in [3.63, 3.8) is 0 Å². The number of likely N-dealkylation sites (tertiary alicyclic amines) is 1. The highest BCUT2D eigenvalue weighted by molar-refractivity contribution is 7.92. The van der Waals surface area contributed by atoms with Crippen molar-refractivity contribution in [1.29, 1.82) is 0 Å². The Bertz CT molecular complexity index is 1810. The number of fused-ring (bicyclic) bond motifs is 4. The van der Waals surface area contributed by atoms with Crippen molar-refractivity contribution >= 4 is 39.1 Å². The Morgan fingerprint density at radius 3 is 2.55 bits per heavy atom. The molecule has 3 aliphatic heterocycles. The molecule has 276 valence electrons. The number of carbonyl (C=O) groups excluding carboxylic acids is 2. The molecule has 1 spiro atoms. The summed E-state index contributed by atoms with van der Waals surface area (Å²) in [7, 11) is 1.34. The maximum Gasteiger partial charge on any atom is 0.330 e. The molecule has 0 radical (unpaired) electrons. The summed E-state index contributed by atoms with van der Waals surface area (Å²) in [5.41, 5.74) is 3.34. The quantitative estimate of drug-likeness (QED) is 0.401. The van der Waals surface area contributed by atoms with Gasteiger partial charge in [-0.1, -0.05) is 36.7 Å². The smallest absolute Gasteiger partial charge is 0.330 e. The van der Waals surface area contributed by atoms with Crippen LogP contribution in [0.2, 0.25) is 5.02 Å². The van der Waals surface area contributed by atoms with Gasteiger partial charge in [-0.15, -0.1) is 4.36 Å². The van der Waals surface area contributed by atoms with E-state index in [0.29, 0.717) is 37.9 Å². The van der Waals surface area contributed by atoms with Gasteiger partial charge >= 0.3 is 6.03 Å². The number of nitrogens with zero attached hydrogens (tertiary/aromatic N) is 3. The van der Waals surface area contributed by atoms with Gasteiger partial charge in [-0.25, -0.2) is 9.00 Å². The number of urea groups is 1. The number of nitrogens with one attached hydrogen (secondary N) is 1. The van der Waals surface area contributed by atoms with Gasteiger partial charge in [0.1, 0.15) is 15.7 Å². The van der Waals surface area contributed by atoms with Crippen LogP contribution < -0.4 is 14.4 Å². The van der Waals surface area contributed by atoms with Crippen LogP contribution in [0.1, 0.15) is 54.1 Å². The van der Waals surface area contributed by atoms with E-state index in [0.717, 1.165) is 49.4 Å². The molecule has 2 fully saturated rings. The van der Waals surface area contributed by atoms with Crippen molar-refractivity contribution in [2.75, 3.05) is 64.8 Å². The summed E-state index contributed by atoms with van der Waals surface area (Å²) in [5, 5.41) is 0.735. The van der Waals surface area contributed by atoms with E-state index in [1.165, 1.54) is 16.0 Å². The van der Waals surface area contributed by atoms with E-state index in [2.05, 4.69) is 32.2 Å². The van der Waals surface area contributed by atoms with Crippen molar-refractivity contribution < 1.29 is 32.7 Å². The standard InChI is InChI=1S/C38H49ClN4O7S/c1-24-21-51(46,41-37(45)42-19-29(20-42)47-2)40-36(44)26-8-12-35-32(17-26)43(18-27-7-10-30(27)34(49-4)14-13-33(24)48-3)22-38(23-50-35)15-5-6-25-16-28(39)9-11-31(25)38/h8-9,11-14,16-17,24,27,29-30,33-34H,5-7,10,15,18-23H2,1-4H3,(H,40,41,44,45,46)/b14-13+/t24-,27+,30-,33+,34+,38+,51?/m1/s1. The summed E-state index contributed by atoms with van der Waals surface area (Å²) >= 11 is 6.46. The molecule has 1 saturated carbocycles. The maximum atomic E-state index is 14.6. The van der Waals surface area contributed by atoms with E-state index in [9.17, 15) is 13.8 Å². The Balaban J connectivity index is 1.30. The molecule has 11 nitrogen and oxygen atoms in total. The minimum atomic E-state index is -3.59. The largest absolute Gasteiger partial charge is 0.490 e. The first-order valence-corrected chi connectivity index (χ1v) is 20.0. The molecule has 2 bridgehead atoms. The van der Waals surface area contributed by atoms with Gasteiger partial charge in [-0.05, 0) is 91.3 Å². The lowest BCUT2D eigenvalue weighted by Gasteiger charge is -2.46. The molecular weight excluding hydrogens is 692 g/mol. The summed E-state index contributed by atoms with van der Waals surface area (Å²) in [5.74, 6) is 0.207. The SMILES string of the molecule is COC1CN(C(=O)NS2(=O)=NC(=O)c3ccc4c(c3)N(C[C@@H]3CC[C@H]3[C@@H](OC)/C=C/[C@H](OC)[C@H](C)C2)C[C@@]2(CCCc3cc(Cl)ccc32)CO4)C1. The normalized spacial score (nSPS) is 33.0. The molecule has 51 heavy (non-hydrogen) atoms. The molecule has 2 aliphatic carbocycles. The van der Waals surface area contributed by atoms with Crippen molar-refractivity contribution in [2.24, 2.45) is 22.1 Å². The lowest BCUT2D eigenvalue weighted by molar-refractivity contribution is -0.00646. The number of halogens is 1. The molecule has 13 heteroatoms. The number of anilines is 1. The number of benzene rings is 2. The molecule has 1 N–H and O–H groups in total. The molecule has 2 aromatic carbocycles. The Morgan fingerprint density at radius 2 is 1.82 bits per heavy atom. The third kappa shape index (κ3) is 7.27. The number of methoxy groups -OCH3 is 3. The van der Waals surface area contributed by atoms with Gasteiger partial charge in [0.2, 0.25) is 0 Å². The Hall–Kier alpha value is -3.16. The van der Waals surface area contributed by atoms with Gasteiger partial charge in [-0.3, -0.25) is 9.52 Å². The van der Waals surface area contributed by atoms with E-state index in [-0.39, 0.29) is 40.8 Å². The minimum absolute atomic E-state index is 0.0846.